The highest BCUT2D eigenvalue weighted by Gasteiger charge is 2.20. The molecule has 3 N–H and O–H groups in total. The third-order valence-corrected chi connectivity index (χ3v) is 3.50. The van der Waals surface area contributed by atoms with E-state index in [9.17, 15) is 9.59 Å². The van der Waals surface area contributed by atoms with Crippen molar-refractivity contribution in [2.24, 2.45) is 11.3 Å². The van der Waals surface area contributed by atoms with E-state index in [4.69, 9.17) is 0 Å². The molecule has 0 aromatic rings. The van der Waals surface area contributed by atoms with Crippen LogP contribution in [0.1, 0.15) is 60.8 Å². The lowest BCUT2D eigenvalue weighted by molar-refractivity contribution is -0.127. The largest absolute Gasteiger partial charge is 0.352 e. The zero-order chi connectivity index (χ0) is 17.3. The Bertz CT molecular complexity index is 348. The second kappa shape index (κ2) is 9.82. The Morgan fingerprint density at radius 3 is 2.14 bits per heavy atom. The van der Waals surface area contributed by atoms with Crippen LogP contribution >= 0.6 is 0 Å². The van der Waals surface area contributed by atoms with E-state index in [1.54, 1.807) is 7.05 Å². The minimum atomic E-state index is -0.250. The molecule has 0 spiro atoms. The Kier molecular flexibility index (Phi) is 9.33. The van der Waals surface area contributed by atoms with Crippen LogP contribution in [0.5, 0.6) is 0 Å². The molecule has 130 valence electrons. The first kappa shape index (κ1) is 20.9. The van der Waals surface area contributed by atoms with E-state index < -0.39 is 0 Å². The lowest BCUT2D eigenvalue weighted by Crippen LogP contribution is -2.47. The molecule has 0 heterocycles. The van der Waals surface area contributed by atoms with Gasteiger partial charge in [0.1, 0.15) is 0 Å². The lowest BCUT2D eigenvalue weighted by atomic mass is 9.88. The van der Waals surface area contributed by atoms with Gasteiger partial charge in [0.2, 0.25) is 11.8 Å². The molecule has 0 aromatic heterocycles. The molecule has 0 aliphatic heterocycles. The molecule has 5 nitrogen and oxygen atoms in total. The Labute approximate surface area is 136 Å². The van der Waals surface area contributed by atoms with E-state index in [-0.39, 0.29) is 35.9 Å². The Morgan fingerprint density at radius 2 is 1.68 bits per heavy atom. The average Bonchev–Trinajstić information content (AvgIpc) is 2.34. The summed E-state index contributed by atoms with van der Waals surface area (Å²) in [6, 6.07) is -0.120. The summed E-state index contributed by atoms with van der Waals surface area (Å²) in [6.07, 6.45) is 2.64. The normalized spacial score (nSPS) is 14.5. The highest BCUT2D eigenvalue weighted by molar-refractivity contribution is 5.87. The van der Waals surface area contributed by atoms with Gasteiger partial charge in [-0.1, -0.05) is 34.6 Å². The summed E-state index contributed by atoms with van der Waals surface area (Å²) < 4.78 is 0. The van der Waals surface area contributed by atoms with Gasteiger partial charge in [-0.2, -0.15) is 0 Å². The molecule has 0 radical (unpaired) electrons. The highest BCUT2D eigenvalue weighted by Crippen LogP contribution is 2.21. The van der Waals surface area contributed by atoms with Gasteiger partial charge in [-0.25, -0.2) is 0 Å². The molecule has 5 heteroatoms. The first-order valence-electron chi connectivity index (χ1n) is 8.29. The third-order valence-electron chi connectivity index (χ3n) is 3.50. The second-order valence-corrected chi connectivity index (χ2v) is 7.76. The number of nitrogens with one attached hydrogen (secondary N) is 3. The minimum absolute atomic E-state index is 0.0367. The molecule has 0 aliphatic rings. The second-order valence-electron chi connectivity index (χ2n) is 7.76. The molecule has 22 heavy (non-hydrogen) atoms. The molecular formula is C17H35N3O2. The van der Waals surface area contributed by atoms with Crippen LogP contribution in [0.4, 0.5) is 0 Å². The fourth-order valence-corrected chi connectivity index (χ4v) is 2.37. The van der Waals surface area contributed by atoms with Crippen LogP contribution < -0.4 is 16.0 Å². The molecule has 0 rings (SSSR count). The molecule has 0 saturated heterocycles. The zero-order valence-electron chi connectivity index (χ0n) is 15.4. The summed E-state index contributed by atoms with van der Waals surface area (Å²) >= 11 is 0. The van der Waals surface area contributed by atoms with Gasteiger partial charge in [-0.05, 0) is 44.6 Å². The van der Waals surface area contributed by atoms with Gasteiger partial charge in [-0.15, -0.1) is 0 Å². The predicted molar refractivity (Wildman–Crippen MR) is 91.6 cm³/mol. The molecule has 2 amide bonds. The van der Waals surface area contributed by atoms with Crippen LogP contribution in [0, 0.1) is 11.3 Å². The highest BCUT2D eigenvalue weighted by atomic mass is 16.2. The molecule has 0 aromatic carbocycles. The summed E-state index contributed by atoms with van der Waals surface area (Å²) in [5.41, 5.74) is 0.193. The molecule has 0 saturated carbocycles. The molecular weight excluding hydrogens is 278 g/mol. The smallest absolute Gasteiger partial charge is 0.239 e. The van der Waals surface area contributed by atoms with Crippen LogP contribution in [0.2, 0.25) is 0 Å². The number of amides is 2. The number of hydrogen-bond donors (Lipinski definition) is 3. The van der Waals surface area contributed by atoms with Crippen molar-refractivity contribution >= 4 is 11.8 Å². The first-order chi connectivity index (χ1) is 10.0. The first-order valence-corrected chi connectivity index (χ1v) is 8.29. The van der Waals surface area contributed by atoms with E-state index in [0.29, 0.717) is 5.92 Å². The molecule has 0 aliphatic carbocycles. The van der Waals surface area contributed by atoms with Crippen LogP contribution in [0.15, 0.2) is 0 Å². The summed E-state index contributed by atoms with van der Waals surface area (Å²) in [5, 5.41) is 8.64. The summed E-state index contributed by atoms with van der Waals surface area (Å²) in [4.78, 5) is 23.9. The van der Waals surface area contributed by atoms with Gasteiger partial charge in [-0.3, -0.25) is 9.59 Å². The number of carbonyl (C=O) groups excluding carboxylic acids is 2. The van der Waals surface area contributed by atoms with Crippen LogP contribution in [-0.2, 0) is 9.59 Å². The van der Waals surface area contributed by atoms with E-state index in [1.807, 2.05) is 6.92 Å². The van der Waals surface area contributed by atoms with Crippen molar-refractivity contribution in [3.63, 3.8) is 0 Å². The summed E-state index contributed by atoms with van der Waals surface area (Å²) in [5.74, 6) is 0.293. The lowest BCUT2D eigenvalue weighted by Gasteiger charge is -2.22. The van der Waals surface area contributed by atoms with Gasteiger partial charge < -0.3 is 16.0 Å². The number of carbonyl (C=O) groups is 2. The van der Waals surface area contributed by atoms with E-state index in [1.165, 1.54) is 0 Å². The fraction of sp³-hybridized carbons (Fsp3) is 0.882. The van der Waals surface area contributed by atoms with Gasteiger partial charge in [0, 0.05) is 6.04 Å². The maximum Gasteiger partial charge on any atom is 0.239 e. The molecule has 0 fully saturated rings. The average molecular weight is 313 g/mol. The van der Waals surface area contributed by atoms with Crippen molar-refractivity contribution in [3.05, 3.63) is 0 Å². The molecule has 0 bridgehead atoms. The Balaban J connectivity index is 4.15. The molecule has 2 unspecified atom stereocenters. The standard InChI is InChI=1S/C17H35N3O2/c1-12(2)10-13(3)20-15(21)11-19-16(22)14(18-7)8-9-17(4,5)6/h12-14,18H,8-11H2,1-7H3,(H,19,22)(H,20,21). The predicted octanol–water partition coefficient (Wildman–Crippen LogP) is 2.07. The fourth-order valence-electron chi connectivity index (χ4n) is 2.37. The van der Waals surface area contributed by atoms with Crippen LogP contribution in [0.25, 0.3) is 0 Å². The Morgan fingerprint density at radius 1 is 1.09 bits per heavy atom. The van der Waals surface area contributed by atoms with Crippen molar-refractivity contribution in [2.45, 2.75) is 72.9 Å². The van der Waals surface area contributed by atoms with Gasteiger partial charge in [0.15, 0.2) is 0 Å². The van der Waals surface area contributed by atoms with Gasteiger partial charge in [0.05, 0.1) is 12.6 Å². The van der Waals surface area contributed by atoms with Gasteiger partial charge >= 0.3 is 0 Å². The third kappa shape index (κ3) is 10.6. The minimum Gasteiger partial charge on any atom is -0.352 e. The van der Waals surface area contributed by atoms with Crippen molar-refractivity contribution in [1.82, 2.24) is 16.0 Å². The monoisotopic (exact) mass is 313 g/mol. The van der Waals surface area contributed by atoms with Crippen molar-refractivity contribution in [3.8, 4) is 0 Å². The van der Waals surface area contributed by atoms with E-state index >= 15 is 0 Å². The number of likely N-dealkylation sites (N-methyl/N-ethyl adjacent to an activating group) is 1. The maximum atomic E-state index is 12.1. The summed E-state index contributed by atoms with van der Waals surface area (Å²) in [7, 11) is 1.78. The quantitative estimate of drug-likeness (QED) is 0.610. The number of rotatable bonds is 9. The van der Waals surface area contributed by atoms with E-state index in [0.717, 1.165) is 19.3 Å². The van der Waals surface area contributed by atoms with Crippen molar-refractivity contribution in [2.75, 3.05) is 13.6 Å². The van der Waals surface area contributed by atoms with Crippen LogP contribution in [0.3, 0.4) is 0 Å². The Hall–Kier alpha value is -1.10. The SMILES string of the molecule is CNC(CCC(C)(C)C)C(=O)NCC(=O)NC(C)CC(C)C. The van der Waals surface area contributed by atoms with E-state index in [2.05, 4.69) is 50.6 Å². The zero-order valence-corrected chi connectivity index (χ0v) is 15.4. The topological polar surface area (TPSA) is 70.2 Å². The molecule has 2 atom stereocenters. The van der Waals surface area contributed by atoms with Crippen molar-refractivity contribution < 1.29 is 9.59 Å². The number of hydrogen-bond acceptors (Lipinski definition) is 3. The van der Waals surface area contributed by atoms with Crippen LogP contribution in [-0.4, -0.2) is 37.5 Å². The van der Waals surface area contributed by atoms with Crippen molar-refractivity contribution in [1.29, 1.82) is 0 Å². The van der Waals surface area contributed by atoms with Gasteiger partial charge in [0.25, 0.3) is 0 Å². The maximum absolute atomic E-state index is 12.1. The summed E-state index contributed by atoms with van der Waals surface area (Å²) in [6.45, 7) is 12.7.